The molecule has 17 heavy (non-hydrogen) atoms. The third-order valence-electron chi connectivity index (χ3n) is 3.24. The van der Waals surface area contributed by atoms with Gasteiger partial charge in [-0.15, -0.1) is 0 Å². The van der Waals surface area contributed by atoms with E-state index in [1.54, 1.807) is 0 Å². The van der Waals surface area contributed by atoms with E-state index in [0.717, 1.165) is 24.6 Å². The first-order valence-corrected chi connectivity index (χ1v) is 7.82. The highest BCUT2D eigenvalue weighted by Crippen LogP contribution is 2.28. The minimum Gasteiger partial charge on any atom is -0.468 e. The maximum Gasteiger partial charge on any atom is 0.323 e. The number of hydrogen-bond acceptors (Lipinski definition) is 4. The molecule has 100 valence electrons. The van der Waals surface area contributed by atoms with E-state index in [-0.39, 0.29) is 12.0 Å². The van der Waals surface area contributed by atoms with Gasteiger partial charge in [0.1, 0.15) is 6.04 Å². The molecule has 0 bridgehead atoms. The summed E-state index contributed by atoms with van der Waals surface area (Å²) in [6, 6.07) is -0.133. The smallest absolute Gasteiger partial charge is 0.323 e. The Morgan fingerprint density at radius 3 is 2.76 bits per heavy atom. The number of nitrogens with one attached hydrogen (secondary N) is 1. The van der Waals surface area contributed by atoms with Crippen LogP contribution in [-0.4, -0.2) is 37.2 Å². The van der Waals surface area contributed by atoms with Crippen molar-refractivity contribution in [2.45, 2.75) is 45.1 Å². The lowest BCUT2D eigenvalue weighted by molar-refractivity contribution is -0.142. The number of methoxy groups -OCH3 is 1. The van der Waals surface area contributed by atoms with E-state index >= 15 is 0 Å². The highest BCUT2D eigenvalue weighted by Gasteiger charge is 2.20. The summed E-state index contributed by atoms with van der Waals surface area (Å²) in [6.45, 7) is 2.98. The van der Waals surface area contributed by atoms with E-state index < -0.39 is 0 Å². The molecular weight excluding hydrogens is 234 g/mol. The summed E-state index contributed by atoms with van der Waals surface area (Å²) in [4.78, 5) is 11.5. The van der Waals surface area contributed by atoms with Crippen molar-refractivity contribution in [3.8, 4) is 0 Å². The summed E-state index contributed by atoms with van der Waals surface area (Å²) in [5.41, 5.74) is 0. The lowest BCUT2D eigenvalue weighted by Gasteiger charge is -2.16. The Morgan fingerprint density at radius 2 is 2.18 bits per heavy atom. The molecule has 4 heteroatoms. The third-order valence-corrected chi connectivity index (χ3v) is 4.52. The lowest BCUT2D eigenvalue weighted by Crippen LogP contribution is -2.40. The van der Waals surface area contributed by atoms with E-state index in [9.17, 15) is 4.79 Å². The van der Waals surface area contributed by atoms with Gasteiger partial charge in [-0.3, -0.25) is 4.79 Å². The Balaban J connectivity index is 2.19. The minimum absolute atomic E-state index is 0.127. The average molecular weight is 259 g/mol. The standard InChI is InChI=1S/C13H25NO2S/c1-3-8-14-12(13(15)16-2)10-17-9-11-6-4-5-7-11/h11-12,14H,3-10H2,1-2H3. The second-order valence-corrected chi connectivity index (χ2v) is 5.79. The van der Waals surface area contributed by atoms with E-state index in [0.29, 0.717) is 0 Å². The van der Waals surface area contributed by atoms with Gasteiger partial charge in [-0.05, 0) is 37.5 Å². The molecule has 0 aliphatic heterocycles. The highest BCUT2D eigenvalue weighted by atomic mass is 32.2. The van der Waals surface area contributed by atoms with Crippen molar-refractivity contribution < 1.29 is 9.53 Å². The number of rotatable bonds is 8. The zero-order chi connectivity index (χ0) is 12.5. The van der Waals surface area contributed by atoms with Crippen LogP contribution in [0.2, 0.25) is 0 Å². The van der Waals surface area contributed by atoms with Gasteiger partial charge in [0, 0.05) is 5.75 Å². The molecule has 0 aromatic heterocycles. The first-order chi connectivity index (χ1) is 8.27. The summed E-state index contributed by atoms with van der Waals surface area (Å²) < 4.78 is 4.82. The molecule has 0 aromatic carbocycles. The molecule has 1 saturated carbocycles. The third kappa shape index (κ3) is 5.77. The average Bonchev–Trinajstić information content (AvgIpc) is 2.85. The zero-order valence-electron chi connectivity index (χ0n) is 11.0. The number of ether oxygens (including phenoxy) is 1. The van der Waals surface area contributed by atoms with Gasteiger partial charge in [0.25, 0.3) is 0 Å². The van der Waals surface area contributed by atoms with Gasteiger partial charge in [-0.1, -0.05) is 19.8 Å². The number of esters is 1. The molecule has 3 nitrogen and oxygen atoms in total. The molecule has 1 atom stereocenters. The Labute approximate surface area is 109 Å². The van der Waals surface area contributed by atoms with Crippen molar-refractivity contribution in [3.05, 3.63) is 0 Å². The molecule has 0 amide bonds. The van der Waals surface area contributed by atoms with E-state index in [1.807, 2.05) is 11.8 Å². The van der Waals surface area contributed by atoms with Gasteiger partial charge >= 0.3 is 5.97 Å². The predicted octanol–water partition coefficient (Wildman–Crippen LogP) is 2.45. The van der Waals surface area contributed by atoms with Gasteiger partial charge in [0.2, 0.25) is 0 Å². The second kappa shape index (κ2) is 8.81. The molecular formula is C13H25NO2S. The van der Waals surface area contributed by atoms with E-state index in [4.69, 9.17) is 4.74 Å². The lowest BCUT2D eigenvalue weighted by atomic mass is 10.1. The Hall–Kier alpha value is -0.220. The van der Waals surface area contributed by atoms with Crippen LogP contribution >= 0.6 is 11.8 Å². The van der Waals surface area contributed by atoms with Crippen LogP contribution in [0.25, 0.3) is 0 Å². The van der Waals surface area contributed by atoms with Crippen LogP contribution in [0.15, 0.2) is 0 Å². The largest absolute Gasteiger partial charge is 0.468 e. The molecule has 0 spiro atoms. The van der Waals surface area contributed by atoms with E-state index in [2.05, 4.69) is 12.2 Å². The van der Waals surface area contributed by atoms with Crippen LogP contribution < -0.4 is 5.32 Å². The molecule has 0 radical (unpaired) electrons. The van der Waals surface area contributed by atoms with Gasteiger partial charge in [-0.25, -0.2) is 0 Å². The van der Waals surface area contributed by atoms with Crippen LogP contribution in [0.5, 0.6) is 0 Å². The van der Waals surface area contributed by atoms with Crippen LogP contribution in [-0.2, 0) is 9.53 Å². The maximum atomic E-state index is 11.5. The van der Waals surface area contributed by atoms with Crippen LogP contribution in [0.3, 0.4) is 0 Å². The normalized spacial score (nSPS) is 18.2. The SMILES string of the molecule is CCCNC(CSCC1CCCC1)C(=O)OC. The molecule has 0 saturated heterocycles. The summed E-state index contributed by atoms with van der Waals surface area (Å²) in [5, 5.41) is 3.25. The first-order valence-electron chi connectivity index (χ1n) is 6.66. The van der Waals surface area contributed by atoms with Crippen molar-refractivity contribution in [1.82, 2.24) is 5.32 Å². The van der Waals surface area contributed by atoms with Gasteiger partial charge in [-0.2, -0.15) is 11.8 Å². The van der Waals surface area contributed by atoms with Crippen LogP contribution in [0, 0.1) is 5.92 Å². The molecule has 1 aliphatic carbocycles. The molecule has 1 unspecified atom stereocenters. The predicted molar refractivity (Wildman–Crippen MR) is 73.4 cm³/mol. The summed E-state index contributed by atoms with van der Waals surface area (Å²) >= 11 is 1.89. The Morgan fingerprint density at radius 1 is 1.47 bits per heavy atom. The van der Waals surface area contributed by atoms with Crippen molar-refractivity contribution in [2.24, 2.45) is 5.92 Å². The highest BCUT2D eigenvalue weighted by molar-refractivity contribution is 7.99. The molecule has 1 N–H and O–H groups in total. The summed E-state index contributed by atoms with van der Waals surface area (Å²) in [7, 11) is 1.46. The first kappa shape index (κ1) is 14.8. The number of carbonyl (C=O) groups is 1. The van der Waals surface area contributed by atoms with Crippen molar-refractivity contribution >= 4 is 17.7 Å². The van der Waals surface area contributed by atoms with Crippen molar-refractivity contribution in [2.75, 3.05) is 25.2 Å². The molecule has 1 fully saturated rings. The molecule has 1 rings (SSSR count). The van der Waals surface area contributed by atoms with Crippen molar-refractivity contribution in [1.29, 1.82) is 0 Å². The molecule has 0 heterocycles. The zero-order valence-corrected chi connectivity index (χ0v) is 11.9. The Bertz CT molecular complexity index is 217. The van der Waals surface area contributed by atoms with Crippen LogP contribution in [0.1, 0.15) is 39.0 Å². The van der Waals surface area contributed by atoms with Crippen molar-refractivity contribution in [3.63, 3.8) is 0 Å². The van der Waals surface area contributed by atoms with Gasteiger partial charge in [0.15, 0.2) is 0 Å². The fraction of sp³-hybridized carbons (Fsp3) is 0.923. The monoisotopic (exact) mass is 259 g/mol. The number of thioether (sulfide) groups is 1. The molecule has 1 aliphatic rings. The Kier molecular flexibility index (Phi) is 7.69. The number of carbonyl (C=O) groups excluding carboxylic acids is 1. The maximum absolute atomic E-state index is 11.5. The summed E-state index contributed by atoms with van der Waals surface area (Å²) in [6.07, 6.45) is 6.57. The summed E-state index contributed by atoms with van der Waals surface area (Å²) in [5.74, 6) is 2.78. The molecule has 0 aromatic rings. The quantitative estimate of drug-likeness (QED) is 0.680. The van der Waals surface area contributed by atoms with E-state index in [1.165, 1.54) is 38.5 Å². The van der Waals surface area contributed by atoms with Gasteiger partial charge in [0.05, 0.1) is 7.11 Å². The minimum atomic E-state index is -0.133. The fourth-order valence-electron chi connectivity index (χ4n) is 2.20. The van der Waals surface area contributed by atoms with Crippen LogP contribution in [0.4, 0.5) is 0 Å². The fourth-order valence-corrected chi connectivity index (χ4v) is 3.49. The second-order valence-electron chi connectivity index (χ2n) is 4.72. The van der Waals surface area contributed by atoms with Gasteiger partial charge < -0.3 is 10.1 Å². The number of hydrogen-bond donors (Lipinski definition) is 1. The topological polar surface area (TPSA) is 38.3 Å².